The van der Waals surface area contributed by atoms with Crippen LogP contribution in [0, 0.1) is 0 Å². The van der Waals surface area contributed by atoms with Crippen molar-refractivity contribution in [3.63, 3.8) is 0 Å². The zero-order valence-electron chi connectivity index (χ0n) is 15.6. The average molecular weight is 357 g/mol. The van der Waals surface area contributed by atoms with Crippen molar-refractivity contribution in [1.29, 1.82) is 0 Å². The van der Waals surface area contributed by atoms with Crippen molar-refractivity contribution in [3.8, 4) is 0 Å². The lowest BCUT2D eigenvalue weighted by atomic mass is 9.89. The molecule has 1 unspecified atom stereocenters. The molecule has 1 aliphatic heterocycles. The Morgan fingerprint density at radius 1 is 0.852 bits per heavy atom. The van der Waals surface area contributed by atoms with E-state index < -0.39 is 5.54 Å². The molecule has 0 aliphatic carbocycles. The Morgan fingerprint density at radius 3 is 1.93 bits per heavy atom. The minimum Gasteiger partial charge on any atom is -0.313 e. The Balaban J connectivity index is 1.84. The molecule has 1 amide bonds. The lowest BCUT2D eigenvalue weighted by molar-refractivity contribution is -0.124. The molecule has 4 nitrogen and oxygen atoms in total. The van der Waals surface area contributed by atoms with Crippen LogP contribution in [0.5, 0.6) is 0 Å². The molecule has 0 aromatic heterocycles. The van der Waals surface area contributed by atoms with Gasteiger partial charge in [0.1, 0.15) is 5.54 Å². The molecule has 0 saturated heterocycles. The minimum atomic E-state index is -0.809. The number of hydrogen-bond donors (Lipinski definition) is 1. The van der Waals surface area contributed by atoms with Crippen molar-refractivity contribution in [2.75, 3.05) is 17.0 Å². The molecule has 0 saturated carbocycles. The first kappa shape index (κ1) is 17.3. The summed E-state index contributed by atoms with van der Waals surface area (Å²) < 4.78 is 0. The van der Waals surface area contributed by atoms with Crippen LogP contribution in [0.4, 0.5) is 17.1 Å². The van der Waals surface area contributed by atoms with Crippen LogP contribution < -0.4 is 15.3 Å². The first-order valence-electron chi connectivity index (χ1n) is 9.23. The molecule has 1 atom stereocenters. The van der Waals surface area contributed by atoms with Crippen molar-refractivity contribution in [2.45, 2.75) is 18.9 Å². The van der Waals surface area contributed by atoms with Crippen LogP contribution in [0.25, 0.3) is 0 Å². The summed E-state index contributed by atoms with van der Waals surface area (Å²) in [6, 6.07) is 28.2. The molecule has 3 aromatic rings. The number of hydrazine groups is 1. The van der Waals surface area contributed by atoms with E-state index in [1.165, 1.54) is 0 Å². The monoisotopic (exact) mass is 357 g/mol. The third-order valence-corrected chi connectivity index (χ3v) is 5.26. The zero-order valence-corrected chi connectivity index (χ0v) is 15.6. The highest BCUT2D eigenvalue weighted by Crippen LogP contribution is 2.42. The Bertz CT molecular complexity index is 903. The van der Waals surface area contributed by atoms with Gasteiger partial charge in [-0.25, -0.2) is 5.43 Å². The second-order valence-electron chi connectivity index (χ2n) is 6.76. The maximum atomic E-state index is 13.4. The number of likely N-dealkylation sites (N-methyl/N-ethyl adjacent to an activating group) is 1. The summed E-state index contributed by atoms with van der Waals surface area (Å²) in [5.74, 6) is 0.0584. The molecule has 1 heterocycles. The summed E-state index contributed by atoms with van der Waals surface area (Å²) in [5, 5.41) is 2.01. The van der Waals surface area contributed by atoms with E-state index in [0.717, 1.165) is 22.6 Å². The van der Waals surface area contributed by atoms with Gasteiger partial charge >= 0.3 is 0 Å². The summed E-state index contributed by atoms with van der Waals surface area (Å²) in [5.41, 5.74) is 6.71. The lowest BCUT2D eigenvalue weighted by Crippen LogP contribution is -2.55. The topological polar surface area (TPSA) is 35.6 Å². The number of anilines is 3. The molecule has 27 heavy (non-hydrogen) atoms. The molecule has 4 rings (SSSR count). The van der Waals surface area contributed by atoms with Gasteiger partial charge in [-0.2, -0.15) is 0 Å². The fraction of sp³-hybridized carbons (Fsp3) is 0.174. The third kappa shape index (κ3) is 2.78. The van der Waals surface area contributed by atoms with Gasteiger partial charge in [0.15, 0.2) is 0 Å². The van der Waals surface area contributed by atoms with Gasteiger partial charge in [-0.15, -0.1) is 0 Å². The van der Waals surface area contributed by atoms with E-state index in [-0.39, 0.29) is 5.91 Å². The minimum absolute atomic E-state index is 0.0584. The fourth-order valence-electron chi connectivity index (χ4n) is 3.79. The highest BCUT2D eigenvalue weighted by atomic mass is 16.2. The van der Waals surface area contributed by atoms with Gasteiger partial charge in [-0.3, -0.25) is 9.80 Å². The van der Waals surface area contributed by atoms with Gasteiger partial charge in [-0.1, -0.05) is 61.5 Å². The van der Waals surface area contributed by atoms with Crippen LogP contribution in [0.15, 0.2) is 84.9 Å². The standard InChI is InChI=1S/C23H23N3O/c1-3-23(20-16-10-11-17-21(20)25(2)22(23)27)24-26(18-12-6-4-7-13-18)19-14-8-5-9-15-19/h4-17,24H,3H2,1-2H3. The third-order valence-electron chi connectivity index (χ3n) is 5.26. The highest BCUT2D eigenvalue weighted by molar-refractivity contribution is 6.07. The van der Waals surface area contributed by atoms with Crippen LogP contribution in [0.2, 0.25) is 0 Å². The number of nitrogens with one attached hydrogen (secondary N) is 1. The molecule has 0 radical (unpaired) electrons. The molecule has 3 aromatic carbocycles. The molecule has 0 fully saturated rings. The molecule has 0 spiro atoms. The molecular formula is C23H23N3O. The fourth-order valence-corrected chi connectivity index (χ4v) is 3.79. The van der Waals surface area contributed by atoms with E-state index in [4.69, 9.17) is 0 Å². The van der Waals surface area contributed by atoms with Gasteiger partial charge in [0.05, 0.1) is 11.4 Å². The zero-order chi connectivity index (χ0) is 18.9. The van der Waals surface area contributed by atoms with E-state index in [0.29, 0.717) is 6.42 Å². The van der Waals surface area contributed by atoms with Crippen LogP contribution in [0.1, 0.15) is 18.9 Å². The predicted molar refractivity (Wildman–Crippen MR) is 110 cm³/mol. The summed E-state index contributed by atoms with van der Waals surface area (Å²) in [4.78, 5) is 15.1. The van der Waals surface area contributed by atoms with Gasteiger partial charge < -0.3 is 4.90 Å². The number of hydrogen-bond acceptors (Lipinski definition) is 3. The van der Waals surface area contributed by atoms with Gasteiger partial charge in [-0.05, 0) is 36.8 Å². The van der Waals surface area contributed by atoms with Crippen molar-refractivity contribution in [2.24, 2.45) is 0 Å². The number of fused-ring (bicyclic) bond motifs is 1. The second kappa shape index (κ2) is 6.89. The Morgan fingerprint density at radius 2 is 1.37 bits per heavy atom. The van der Waals surface area contributed by atoms with Crippen molar-refractivity contribution in [3.05, 3.63) is 90.5 Å². The molecule has 136 valence electrons. The number of carbonyl (C=O) groups is 1. The van der Waals surface area contributed by atoms with E-state index in [9.17, 15) is 4.79 Å². The van der Waals surface area contributed by atoms with E-state index in [2.05, 4.69) is 12.3 Å². The Hall–Kier alpha value is -3.11. The molecule has 4 heteroatoms. The van der Waals surface area contributed by atoms with Gasteiger partial charge in [0.2, 0.25) is 0 Å². The van der Waals surface area contributed by atoms with Gasteiger partial charge in [0.25, 0.3) is 5.91 Å². The Kier molecular flexibility index (Phi) is 4.42. The predicted octanol–water partition coefficient (Wildman–Crippen LogP) is 4.61. The second-order valence-corrected chi connectivity index (χ2v) is 6.76. The van der Waals surface area contributed by atoms with Crippen LogP contribution in [0.3, 0.4) is 0 Å². The first-order valence-corrected chi connectivity index (χ1v) is 9.23. The van der Waals surface area contributed by atoms with E-state index in [1.807, 2.05) is 97.0 Å². The SMILES string of the molecule is CCC1(NN(c2ccccc2)c2ccccc2)C(=O)N(C)c2ccccc21. The number of carbonyl (C=O) groups excluding carboxylic acids is 1. The molecule has 1 aliphatic rings. The first-order chi connectivity index (χ1) is 13.2. The largest absolute Gasteiger partial charge is 0.313 e. The highest BCUT2D eigenvalue weighted by Gasteiger charge is 2.49. The number of para-hydroxylation sites is 3. The van der Waals surface area contributed by atoms with Crippen molar-refractivity contribution < 1.29 is 4.79 Å². The smallest absolute Gasteiger partial charge is 0.253 e. The molecule has 1 N–H and O–H groups in total. The summed E-state index contributed by atoms with van der Waals surface area (Å²) in [7, 11) is 1.84. The lowest BCUT2D eigenvalue weighted by Gasteiger charge is -2.36. The van der Waals surface area contributed by atoms with Crippen molar-refractivity contribution >= 4 is 23.0 Å². The number of rotatable bonds is 5. The van der Waals surface area contributed by atoms with E-state index in [1.54, 1.807) is 4.90 Å². The van der Waals surface area contributed by atoms with Crippen LogP contribution in [-0.2, 0) is 10.3 Å². The maximum absolute atomic E-state index is 13.4. The van der Waals surface area contributed by atoms with Crippen LogP contribution >= 0.6 is 0 Å². The Labute approximate surface area is 160 Å². The number of amides is 1. The summed E-state index contributed by atoms with van der Waals surface area (Å²) >= 11 is 0. The average Bonchev–Trinajstić information content (AvgIpc) is 2.95. The molecular weight excluding hydrogens is 334 g/mol. The van der Waals surface area contributed by atoms with Crippen molar-refractivity contribution in [1.82, 2.24) is 5.43 Å². The maximum Gasteiger partial charge on any atom is 0.253 e. The normalized spacial score (nSPS) is 18.4. The van der Waals surface area contributed by atoms with Crippen LogP contribution in [-0.4, -0.2) is 13.0 Å². The van der Waals surface area contributed by atoms with Gasteiger partial charge in [0, 0.05) is 18.3 Å². The number of benzene rings is 3. The summed E-state index contributed by atoms with van der Waals surface area (Å²) in [6.45, 7) is 2.05. The molecule has 0 bridgehead atoms. The van der Waals surface area contributed by atoms with E-state index >= 15 is 0 Å². The quantitative estimate of drug-likeness (QED) is 0.677. The summed E-state index contributed by atoms with van der Waals surface area (Å²) in [6.07, 6.45) is 0.642. The number of nitrogens with zero attached hydrogens (tertiary/aromatic N) is 2.